The normalized spacial score (nSPS) is 10.6. The maximum absolute atomic E-state index is 5.85. The third-order valence-electron chi connectivity index (χ3n) is 3.19. The van der Waals surface area contributed by atoms with E-state index in [0.29, 0.717) is 16.7 Å². The monoisotopic (exact) mass is 330 g/mol. The molecule has 1 aromatic heterocycles. The van der Waals surface area contributed by atoms with Gasteiger partial charge in [-0.05, 0) is 48.6 Å². The molecule has 1 heterocycles. The van der Waals surface area contributed by atoms with Gasteiger partial charge in [0.05, 0.1) is 11.0 Å². The van der Waals surface area contributed by atoms with E-state index in [1.54, 1.807) is 0 Å². The van der Waals surface area contributed by atoms with Gasteiger partial charge in [0.25, 0.3) is 0 Å². The van der Waals surface area contributed by atoms with Crippen molar-refractivity contribution in [3.05, 3.63) is 59.4 Å². The van der Waals surface area contributed by atoms with Crippen molar-refractivity contribution in [3.8, 4) is 0 Å². The molecule has 0 saturated heterocycles. The van der Waals surface area contributed by atoms with Crippen LogP contribution >= 0.6 is 23.8 Å². The highest BCUT2D eigenvalue weighted by molar-refractivity contribution is 7.80. The van der Waals surface area contributed by atoms with Crippen molar-refractivity contribution in [2.75, 3.05) is 11.9 Å². The Labute approximate surface area is 138 Å². The van der Waals surface area contributed by atoms with Gasteiger partial charge in [0.2, 0.25) is 0 Å². The Balaban J connectivity index is 1.49. The van der Waals surface area contributed by atoms with E-state index in [-0.39, 0.29) is 0 Å². The van der Waals surface area contributed by atoms with Crippen LogP contribution in [0, 0.1) is 0 Å². The Morgan fingerprint density at radius 3 is 2.68 bits per heavy atom. The molecule has 0 unspecified atom stereocenters. The molecule has 4 nitrogen and oxygen atoms in total. The van der Waals surface area contributed by atoms with Gasteiger partial charge < -0.3 is 15.6 Å². The number of aromatic amines is 1. The molecule has 0 fully saturated rings. The first-order valence-corrected chi connectivity index (χ1v) is 7.73. The predicted molar refractivity (Wildman–Crippen MR) is 95.5 cm³/mol. The average molecular weight is 331 g/mol. The highest BCUT2D eigenvalue weighted by Crippen LogP contribution is 2.13. The summed E-state index contributed by atoms with van der Waals surface area (Å²) in [5.41, 5.74) is 2.95. The Morgan fingerprint density at radius 2 is 1.91 bits per heavy atom. The summed E-state index contributed by atoms with van der Waals surface area (Å²) in [5, 5.41) is 7.56. The molecule has 22 heavy (non-hydrogen) atoms. The maximum atomic E-state index is 5.85. The zero-order valence-corrected chi connectivity index (χ0v) is 13.3. The van der Waals surface area contributed by atoms with E-state index in [2.05, 4.69) is 20.6 Å². The number of para-hydroxylation sites is 2. The molecule has 0 spiro atoms. The number of rotatable bonds is 4. The van der Waals surface area contributed by atoms with Gasteiger partial charge in [-0.1, -0.05) is 23.7 Å². The van der Waals surface area contributed by atoms with E-state index < -0.39 is 0 Å². The molecular formula is C16H15ClN4S. The first kappa shape index (κ1) is 14.8. The molecule has 112 valence electrons. The third-order valence-corrected chi connectivity index (χ3v) is 3.69. The SMILES string of the molecule is S=C(NCCc1nc2ccccc2[nH]1)Nc1ccc(Cl)cc1. The molecule has 0 radical (unpaired) electrons. The molecule has 0 saturated carbocycles. The minimum absolute atomic E-state index is 0.582. The number of imidazole rings is 1. The van der Waals surface area contributed by atoms with Crippen LogP contribution in [0.1, 0.15) is 5.82 Å². The number of thiocarbonyl (C=S) groups is 1. The Hall–Kier alpha value is -2.11. The van der Waals surface area contributed by atoms with E-state index in [0.717, 1.165) is 29.0 Å². The highest BCUT2D eigenvalue weighted by Gasteiger charge is 2.02. The van der Waals surface area contributed by atoms with Crippen molar-refractivity contribution in [2.24, 2.45) is 0 Å². The van der Waals surface area contributed by atoms with Gasteiger partial charge in [0.1, 0.15) is 5.82 Å². The maximum Gasteiger partial charge on any atom is 0.170 e. The first-order chi connectivity index (χ1) is 10.7. The number of H-pyrrole nitrogens is 1. The minimum Gasteiger partial charge on any atom is -0.362 e. The fraction of sp³-hybridized carbons (Fsp3) is 0.125. The van der Waals surface area contributed by atoms with E-state index >= 15 is 0 Å². The second-order valence-electron chi connectivity index (χ2n) is 4.84. The van der Waals surface area contributed by atoms with Crippen LogP contribution in [0.3, 0.4) is 0 Å². The minimum atomic E-state index is 0.582. The number of benzene rings is 2. The molecule has 3 N–H and O–H groups in total. The zero-order valence-electron chi connectivity index (χ0n) is 11.8. The van der Waals surface area contributed by atoms with Gasteiger partial charge in [-0.2, -0.15) is 0 Å². The van der Waals surface area contributed by atoms with Crippen molar-refractivity contribution >= 4 is 45.7 Å². The lowest BCUT2D eigenvalue weighted by molar-refractivity contribution is 0.832. The average Bonchev–Trinajstić information content (AvgIpc) is 2.92. The van der Waals surface area contributed by atoms with Crippen molar-refractivity contribution in [1.82, 2.24) is 15.3 Å². The Bertz CT molecular complexity index is 749. The van der Waals surface area contributed by atoms with Gasteiger partial charge in [-0.15, -0.1) is 0 Å². The molecule has 6 heteroatoms. The van der Waals surface area contributed by atoms with Gasteiger partial charge in [-0.25, -0.2) is 4.98 Å². The molecule has 3 rings (SSSR count). The zero-order chi connectivity index (χ0) is 15.4. The second-order valence-corrected chi connectivity index (χ2v) is 5.68. The summed E-state index contributed by atoms with van der Waals surface area (Å²) < 4.78 is 0. The van der Waals surface area contributed by atoms with E-state index in [1.807, 2.05) is 48.5 Å². The van der Waals surface area contributed by atoms with E-state index in [9.17, 15) is 0 Å². The van der Waals surface area contributed by atoms with Crippen LogP contribution in [-0.4, -0.2) is 21.6 Å². The summed E-state index contributed by atoms with van der Waals surface area (Å²) in [7, 11) is 0. The van der Waals surface area contributed by atoms with Gasteiger partial charge >= 0.3 is 0 Å². The first-order valence-electron chi connectivity index (χ1n) is 6.95. The summed E-state index contributed by atoms with van der Waals surface area (Å²) in [6.45, 7) is 0.708. The van der Waals surface area contributed by atoms with Crippen molar-refractivity contribution < 1.29 is 0 Å². The van der Waals surface area contributed by atoms with Crippen LogP contribution < -0.4 is 10.6 Å². The summed E-state index contributed by atoms with van der Waals surface area (Å²) in [4.78, 5) is 7.83. The van der Waals surface area contributed by atoms with E-state index in [4.69, 9.17) is 23.8 Å². The second kappa shape index (κ2) is 6.77. The Morgan fingerprint density at radius 1 is 1.14 bits per heavy atom. The Kier molecular flexibility index (Phi) is 4.56. The number of aromatic nitrogens is 2. The number of fused-ring (bicyclic) bond motifs is 1. The molecule has 3 aromatic rings. The molecule has 0 aliphatic heterocycles. The van der Waals surface area contributed by atoms with Gasteiger partial charge in [0, 0.05) is 23.7 Å². The standard InChI is InChI=1S/C16H15ClN4S/c17-11-5-7-12(8-6-11)19-16(22)18-10-9-15-20-13-3-1-2-4-14(13)21-15/h1-8H,9-10H2,(H,20,21)(H2,18,19,22). The van der Waals surface area contributed by atoms with Crippen LogP contribution in [0.15, 0.2) is 48.5 Å². The van der Waals surface area contributed by atoms with Crippen LogP contribution in [0.25, 0.3) is 11.0 Å². The quantitative estimate of drug-likeness (QED) is 0.638. The number of nitrogens with one attached hydrogen (secondary N) is 3. The van der Waals surface area contributed by atoms with Crippen molar-refractivity contribution in [2.45, 2.75) is 6.42 Å². The molecule has 0 aliphatic carbocycles. The molecule has 2 aromatic carbocycles. The van der Waals surface area contributed by atoms with Crippen LogP contribution in [-0.2, 0) is 6.42 Å². The molecular weight excluding hydrogens is 316 g/mol. The van der Waals surface area contributed by atoms with E-state index in [1.165, 1.54) is 0 Å². The summed E-state index contributed by atoms with van der Waals surface area (Å²) >= 11 is 11.1. The fourth-order valence-corrected chi connectivity index (χ4v) is 2.47. The number of halogens is 1. The van der Waals surface area contributed by atoms with Crippen molar-refractivity contribution in [3.63, 3.8) is 0 Å². The topological polar surface area (TPSA) is 52.7 Å². The highest BCUT2D eigenvalue weighted by atomic mass is 35.5. The number of nitrogens with zero attached hydrogens (tertiary/aromatic N) is 1. The predicted octanol–water partition coefficient (Wildman–Crippen LogP) is 3.75. The number of anilines is 1. The molecule has 0 bridgehead atoms. The van der Waals surface area contributed by atoms with Crippen LogP contribution in [0.4, 0.5) is 5.69 Å². The van der Waals surface area contributed by atoms with Gasteiger partial charge in [-0.3, -0.25) is 0 Å². The number of hydrogen-bond donors (Lipinski definition) is 3. The summed E-state index contributed by atoms with van der Waals surface area (Å²) in [6.07, 6.45) is 0.775. The molecule has 0 atom stereocenters. The lowest BCUT2D eigenvalue weighted by atomic mass is 10.3. The number of hydrogen-bond acceptors (Lipinski definition) is 2. The van der Waals surface area contributed by atoms with Gasteiger partial charge in [0.15, 0.2) is 5.11 Å². The lowest BCUT2D eigenvalue weighted by Crippen LogP contribution is -2.30. The molecule has 0 aliphatic rings. The van der Waals surface area contributed by atoms with Crippen LogP contribution in [0.2, 0.25) is 5.02 Å². The summed E-state index contributed by atoms with van der Waals surface area (Å²) in [6, 6.07) is 15.4. The third kappa shape index (κ3) is 3.75. The lowest BCUT2D eigenvalue weighted by Gasteiger charge is -2.09. The fourth-order valence-electron chi connectivity index (χ4n) is 2.13. The largest absolute Gasteiger partial charge is 0.362 e. The van der Waals surface area contributed by atoms with Crippen LogP contribution in [0.5, 0.6) is 0 Å². The van der Waals surface area contributed by atoms with Crippen molar-refractivity contribution in [1.29, 1.82) is 0 Å². The smallest absolute Gasteiger partial charge is 0.170 e. The summed E-state index contributed by atoms with van der Waals surface area (Å²) in [5.74, 6) is 0.947. The molecule has 0 amide bonds.